The number of aliphatic carboxylic acids is 1. The van der Waals surface area contributed by atoms with Crippen molar-refractivity contribution in [3.63, 3.8) is 0 Å². The van der Waals surface area contributed by atoms with Crippen molar-refractivity contribution >= 4 is 17.8 Å². The van der Waals surface area contributed by atoms with Crippen molar-refractivity contribution in [1.82, 2.24) is 20.0 Å². The maximum absolute atomic E-state index is 12.9. The van der Waals surface area contributed by atoms with Gasteiger partial charge in [0.15, 0.2) is 0 Å². The summed E-state index contributed by atoms with van der Waals surface area (Å²) in [5.74, 6) is -1.30. The molecule has 0 spiro atoms. The Morgan fingerprint density at radius 3 is 2.56 bits per heavy atom. The van der Waals surface area contributed by atoms with Gasteiger partial charge in [-0.2, -0.15) is 5.10 Å². The van der Waals surface area contributed by atoms with Gasteiger partial charge in [0.05, 0.1) is 5.69 Å². The predicted octanol–water partition coefficient (Wildman–Crippen LogP) is 1.52. The van der Waals surface area contributed by atoms with Crippen molar-refractivity contribution in [3.8, 4) is 0 Å². The number of aryl methyl sites for hydroxylation is 2. The fourth-order valence-electron chi connectivity index (χ4n) is 3.83. The zero-order chi connectivity index (χ0) is 20.1. The first kappa shape index (κ1) is 20.9. The summed E-state index contributed by atoms with van der Waals surface area (Å²) in [4.78, 5) is 39.1. The topological polar surface area (TPSA) is 107 Å². The molecule has 8 heteroatoms. The lowest BCUT2D eigenvalue weighted by Crippen LogP contribution is -2.43. The molecule has 2 rings (SSSR count). The first-order valence-electron chi connectivity index (χ1n) is 9.49. The van der Waals surface area contributed by atoms with E-state index in [1.54, 1.807) is 0 Å². The van der Waals surface area contributed by atoms with E-state index in [2.05, 4.69) is 10.2 Å². The molecule has 0 saturated carbocycles. The number of H-pyrrole nitrogens is 1. The predicted molar refractivity (Wildman–Crippen MR) is 100 cm³/mol. The highest BCUT2D eigenvalue weighted by molar-refractivity contribution is 5.80. The second kappa shape index (κ2) is 9.01. The largest absolute Gasteiger partial charge is 0.480 e. The van der Waals surface area contributed by atoms with E-state index in [1.807, 2.05) is 25.7 Å². The summed E-state index contributed by atoms with van der Waals surface area (Å²) in [7, 11) is 0. The van der Waals surface area contributed by atoms with E-state index in [9.17, 15) is 14.4 Å². The maximum Gasteiger partial charge on any atom is 0.323 e. The molecule has 2 unspecified atom stereocenters. The van der Waals surface area contributed by atoms with E-state index < -0.39 is 5.97 Å². The van der Waals surface area contributed by atoms with Gasteiger partial charge < -0.3 is 14.9 Å². The van der Waals surface area contributed by atoms with Gasteiger partial charge in [0.1, 0.15) is 6.54 Å². The molecule has 150 valence electrons. The van der Waals surface area contributed by atoms with Gasteiger partial charge in [-0.25, -0.2) is 0 Å². The van der Waals surface area contributed by atoms with Crippen LogP contribution in [0.2, 0.25) is 0 Å². The molecule has 0 radical (unpaired) electrons. The number of hydrogen-bond acceptors (Lipinski definition) is 4. The fourth-order valence-corrected chi connectivity index (χ4v) is 3.83. The number of aromatic amines is 1. The zero-order valence-electron chi connectivity index (χ0n) is 16.6. The Morgan fingerprint density at radius 2 is 2.00 bits per heavy atom. The quantitative estimate of drug-likeness (QED) is 0.780. The van der Waals surface area contributed by atoms with Gasteiger partial charge in [-0.3, -0.25) is 19.5 Å². The number of likely N-dealkylation sites (tertiary alicyclic amines) is 1. The summed E-state index contributed by atoms with van der Waals surface area (Å²) in [6.45, 7) is 8.12. The average molecular weight is 378 g/mol. The van der Waals surface area contributed by atoms with E-state index >= 15 is 0 Å². The molecule has 1 aliphatic rings. The molecule has 8 nitrogen and oxygen atoms in total. The monoisotopic (exact) mass is 378 g/mol. The molecule has 1 saturated heterocycles. The number of carboxylic acids is 1. The molecular weight excluding hydrogens is 348 g/mol. The summed E-state index contributed by atoms with van der Waals surface area (Å²) in [6.07, 6.45) is 2.72. The molecule has 2 amide bonds. The molecule has 2 heterocycles. The Hall–Kier alpha value is -2.38. The van der Waals surface area contributed by atoms with Crippen molar-refractivity contribution in [2.45, 2.75) is 59.4 Å². The summed E-state index contributed by atoms with van der Waals surface area (Å²) in [5.41, 5.74) is 3.01. The van der Waals surface area contributed by atoms with Crippen LogP contribution in [0.25, 0.3) is 0 Å². The number of nitrogens with one attached hydrogen (secondary N) is 1. The molecular formula is C19H30N4O4. The molecule has 1 aromatic rings. The van der Waals surface area contributed by atoms with Crippen molar-refractivity contribution in [2.24, 2.45) is 5.92 Å². The highest BCUT2D eigenvalue weighted by Gasteiger charge is 2.29. The molecule has 2 atom stereocenters. The fraction of sp³-hybridized carbons (Fsp3) is 0.684. The average Bonchev–Trinajstić information content (AvgIpc) is 2.80. The van der Waals surface area contributed by atoms with Crippen molar-refractivity contribution in [2.75, 3.05) is 19.6 Å². The van der Waals surface area contributed by atoms with Gasteiger partial charge in [0, 0.05) is 37.7 Å². The third-order valence-electron chi connectivity index (χ3n) is 5.37. The van der Waals surface area contributed by atoms with E-state index in [4.69, 9.17) is 5.11 Å². The van der Waals surface area contributed by atoms with Crippen LogP contribution < -0.4 is 0 Å². The molecule has 1 fully saturated rings. The first-order chi connectivity index (χ1) is 12.7. The van der Waals surface area contributed by atoms with Crippen LogP contribution in [0.3, 0.4) is 0 Å². The maximum atomic E-state index is 12.9. The zero-order valence-corrected chi connectivity index (χ0v) is 16.6. The van der Waals surface area contributed by atoms with E-state index in [-0.39, 0.29) is 30.3 Å². The van der Waals surface area contributed by atoms with Gasteiger partial charge >= 0.3 is 5.97 Å². The van der Waals surface area contributed by atoms with Crippen molar-refractivity contribution in [1.29, 1.82) is 0 Å². The summed E-state index contributed by atoms with van der Waals surface area (Å²) in [6, 6.07) is -0.134. The van der Waals surface area contributed by atoms with E-state index in [0.29, 0.717) is 32.4 Å². The number of carbonyl (C=O) groups excluding carboxylic acids is 2. The molecule has 0 bridgehead atoms. The van der Waals surface area contributed by atoms with E-state index in [1.165, 1.54) is 11.8 Å². The van der Waals surface area contributed by atoms with Gasteiger partial charge in [-0.15, -0.1) is 0 Å². The summed E-state index contributed by atoms with van der Waals surface area (Å²) < 4.78 is 0. The van der Waals surface area contributed by atoms with Crippen LogP contribution >= 0.6 is 0 Å². The lowest BCUT2D eigenvalue weighted by molar-refractivity contribution is -0.145. The third-order valence-corrected chi connectivity index (χ3v) is 5.37. The number of carboxylic acid groups (broad SMARTS) is 1. The minimum atomic E-state index is -1.01. The molecule has 2 N–H and O–H groups in total. The second-order valence-corrected chi connectivity index (χ2v) is 7.47. The minimum Gasteiger partial charge on any atom is -0.480 e. The smallest absolute Gasteiger partial charge is 0.323 e. The normalized spacial score (nSPS) is 18.7. The lowest BCUT2D eigenvalue weighted by atomic mass is 9.98. The number of carbonyl (C=O) groups is 3. The Balaban J connectivity index is 1.99. The van der Waals surface area contributed by atoms with Crippen LogP contribution in [0.1, 0.15) is 50.1 Å². The Kier molecular flexibility index (Phi) is 6.98. The van der Waals surface area contributed by atoms with Crippen LogP contribution in [0.4, 0.5) is 0 Å². The van der Waals surface area contributed by atoms with Crippen LogP contribution in [0.15, 0.2) is 0 Å². The van der Waals surface area contributed by atoms with Gasteiger partial charge in [-0.05, 0) is 45.1 Å². The Labute approximate surface area is 159 Å². The van der Waals surface area contributed by atoms with Crippen LogP contribution in [-0.2, 0) is 20.8 Å². The van der Waals surface area contributed by atoms with Gasteiger partial charge in [0.2, 0.25) is 11.8 Å². The molecule has 27 heavy (non-hydrogen) atoms. The Morgan fingerprint density at radius 1 is 1.30 bits per heavy atom. The number of hydrogen-bond donors (Lipinski definition) is 2. The highest BCUT2D eigenvalue weighted by atomic mass is 16.4. The molecule has 0 aromatic carbocycles. The molecule has 0 aliphatic carbocycles. The SMILES string of the molecule is CC(=O)N(CC(=O)O)C1CCCN(C(=O)C(C)Cc2c(C)n[nH]c2C)CC1. The van der Waals surface area contributed by atoms with Crippen LogP contribution in [0, 0.1) is 19.8 Å². The number of aromatic nitrogens is 2. The van der Waals surface area contributed by atoms with Crippen molar-refractivity contribution < 1.29 is 19.5 Å². The van der Waals surface area contributed by atoms with Crippen LogP contribution in [-0.4, -0.2) is 68.6 Å². The van der Waals surface area contributed by atoms with E-state index in [0.717, 1.165) is 23.4 Å². The number of rotatable bonds is 6. The third kappa shape index (κ3) is 5.30. The summed E-state index contributed by atoms with van der Waals surface area (Å²) in [5, 5.41) is 16.2. The summed E-state index contributed by atoms with van der Waals surface area (Å²) >= 11 is 0. The number of amides is 2. The van der Waals surface area contributed by atoms with Gasteiger partial charge in [-0.1, -0.05) is 6.92 Å². The molecule has 1 aromatic heterocycles. The minimum absolute atomic E-state index is 0.100. The van der Waals surface area contributed by atoms with Crippen LogP contribution in [0.5, 0.6) is 0 Å². The first-order valence-corrected chi connectivity index (χ1v) is 9.49. The standard InChI is InChI=1S/C19H30N4O4/c1-12(10-17-13(2)20-21-14(17)3)19(27)22-8-5-6-16(7-9-22)23(15(4)24)11-18(25)26/h12,16H,5-11H2,1-4H3,(H,20,21)(H,25,26). The van der Waals surface area contributed by atoms with Gasteiger partial charge in [0.25, 0.3) is 0 Å². The lowest BCUT2D eigenvalue weighted by Gasteiger charge is -2.29. The highest BCUT2D eigenvalue weighted by Crippen LogP contribution is 2.21. The number of nitrogens with zero attached hydrogens (tertiary/aromatic N) is 3. The van der Waals surface area contributed by atoms with Crippen molar-refractivity contribution in [3.05, 3.63) is 17.0 Å². The second-order valence-electron chi connectivity index (χ2n) is 7.47. The Bertz CT molecular complexity index is 680. The molecule has 1 aliphatic heterocycles.